The van der Waals surface area contributed by atoms with Gasteiger partial charge in [0.25, 0.3) is 0 Å². The van der Waals surface area contributed by atoms with E-state index in [2.05, 4.69) is 67.1 Å². The molecule has 0 bridgehead atoms. The van der Waals surface area contributed by atoms with Crippen LogP contribution in [-0.2, 0) is 6.54 Å². The van der Waals surface area contributed by atoms with Gasteiger partial charge in [0.2, 0.25) is 0 Å². The molecule has 0 amide bonds. The molecule has 0 aliphatic heterocycles. The van der Waals surface area contributed by atoms with Gasteiger partial charge in [-0.2, -0.15) is 5.10 Å². The van der Waals surface area contributed by atoms with Crippen molar-refractivity contribution in [3.05, 3.63) is 102 Å². The van der Waals surface area contributed by atoms with Gasteiger partial charge in [-0.05, 0) is 48.0 Å². The number of anilines is 1. The van der Waals surface area contributed by atoms with E-state index >= 15 is 0 Å². The van der Waals surface area contributed by atoms with E-state index in [0.29, 0.717) is 17.6 Å². The molecule has 0 saturated heterocycles. The molecule has 156 valence electrons. The summed E-state index contributed by atoms with van der Waals surface area (Å²) in [6.45, 7) is 4.95. The summed E-state index contributed by atoms with van der Waals surface area (Å²) in [5, 5.41) is 12.0. The zero-order valence-corrected chi connectivity index (χ0v) is 18.6. The second-order valence-electron chi connectivity index (χ2n) is 7.73. The van der Waals surface area contributed by atoms with E-state index < -0.39 is 0 Å². The molecular formula is C26H26N4S. The Morgan fingerprint density at radius 1 is 0.903 bits per heavy atom. The van der Waals surface area contributed by atoms with Crippen molar-refractivity contribution in [2.24, 2.45) is 0 Å². The van der Waals surface area contributed by atoms with Crippen molar-refractivity contribution < 1.29 is 0 Å². The van der Waals surface area contributed by atoms with Crippen molar-refractivity contribution in [1.29, 1.82) is 0 Å². The number of benzene rings is 3. The standard InChI is InChI=1S/C26H26N4S/c1-19(2)20-13-15-23(16-14-20)28-26(31)27-17-22-18-30(24-11-7-4-8-12-24)29-25(22)21-9-5-3-6-10-21/h3-16,18-19H,17H2,1-2H3,(H2,27,28,31). The van der Waals surface area contributed by atoms with Crippen LogP contribution in [0.5, 0.6) is 0 Å². The molecule has 5 heteroatoms. The number of thiocarbonyl (C=S) groups is 1. The van der Waals surface area contributed by atoms with Crippen molar-refractivity contribution in [2.45, 2.75) is 26.3 Å². The quantitative estimate of drug-likeness (QED) is 0.363. The van der Waals surface area contributed by atoms with E-state index in [1.165, 1.54) is 5.56 Å². The number of hydrogen-bond acceptors (Lipinski definition) is 2. The Morgan fingerprint density at radius 2 is 1.55 bits per heavy atom. The van der Waals surface area contributed by atoms with Gasteiger partial charge in [-0.3, -0.25) is 0 Å². The van der Waals surface area contributed by atoms with Crippen LogP contribution in [0, 0.1) is 0 Å². The zero-order chi connectivity index (χ0) is 21.6. The highest BCUT2D eigenvalue weighted by Crippen LogP contribution is 2.24. The summed E-state index contributed by atoms with van der Waals surface area (Å²) in [6.07, 6.45) is 2.06. The summed E-state index contributed by atoms with van der Waals surface area (Å²) in [5.74, 6) is 0.511. The Kier molecular flexibility index (Phi) is 6.43. The number of nitrogens with zero attached hydrogens (tertiary/aromatic N) is 2. The number of nitrogens with one attached hydrogen (secondary N) is 2. The van der Waals surface area contributed by atoms with Crippen LogP contribution >= 0.6 is 12.2 Å². The second kappa shape index (κ2) is 9.58. The summed E-state index contributed by atoms with van der Waals surface area (Å²) in [6, 6.07) is 28.7. The predicted molar refractivity (Wildman–Crippen MR) is 133 cm³/mol. The summed E-state index contributed by atoms with van der Waals surface area (Å²) in [4.78, 5) is 0. The maximum Gasteiger partial charge on any atom is 0.171 e. The monoisotopic (exact) mass is 426 g/mol. The van der Waals surface area contributed by atoms with Gasteiger partial charge in [0.05, 0.1) is 11.4 Å². The highest BCUT2D eigenvalue weighted by atomic mass is 32.1. The highest BCUT2D eigenvalue weighted by molar-refractivity contribution is 7.80. The molecule has 0 spiro atoms. The third kappa shape index (κ3) is 5.19. The summed E-state index contributed by atoms with van der Waals surface area (Å²) in [5.41, 5.74) is 6.42. The fraction of sp³-hybridized carbons (Fsp3) is 0.154. The minimum absolute atomic E-state index is 0.511. The zero-order valence-electron chi connectivity index (χ0n) is 17.7. The Labute approximate surface area is 188 Å². The first-order valence-electron chi connectivity index (χ1n) is 10.4. The normalized spacial score (nSPS) is 10.8. The van der Waals surface area contributed by atoms with Crippen LogP contribution < -0.4 is 10.6 Å². The van der Waals surface area contributed by atoms with Crippen molar-refractivity contribution in [1.82, 2.24) is 15.1 Å². The topological polar surface area (TPSA) is 41.9 Å². The molecule has 1 aromatic heterocycles. The van der Waals surface area contributed by atoms with Gasteiger partial charge in [0.1, 0.15) is 0 Å². The Bertz CT molecular complexity index is 1130. The molecule has 0 atom stereocenters. The SMILES string of the molecule is CC(C)c1ccc(NC(=S)NCc2cn(-c3ccccc3)nc2-c2ccccc2)cc1. The van der Waals surface area contributed by atoms with Crippen LogP contribution in [0.4, 0.5) is 5.69 Å². The van der Waals surface area contributed by atoms with E-state index in [4.69, 9.17) is 17.3 Å². The van der Waals surface area contributed by atoms with Crippen molar-refractivity contribution >= 4 is 23.0 Å². The van der Waals surface area contributed by atoms with Crippen molar-refractivity contribution in [2.75, 3.05) is 5.32 Å². The summed E-state index contributed by atoms with van der Waals surface area (Å²) < 4.78 is 1.92. The first kappa shape index (κ1) is 20.8. The van der Waals surface area contributed by atoms with E-state index in [1.807, 2.05) is 53.2 Å². The summed E-state index contributed by atoms with van der Waals surface area (Å²) in [7, 11) is 0. The number of aromatic nitrogens is 2. The van der Waals surface area contributed by atoms with Crippen LogP contribution in [0.15, 0.2) is 91.1 Å². The fourth-order valence-corrected chi connectivity index (χ4v) is 3.58. The molecule has 4 nitrogen and oxygen atoms in total. The maximum absolute atomic E-state index is 5.53. The molecule has 1 heterocycles. The number of hydrogen-bond donors (Lipinski definition) is 2. The Morgan fingerprint density at radius 3 is 2.19 bits per heavy atom. The predicted octanol–water partition coefficient (Wildman–Crippen LogP) is 6.15. The molecule has 2 N–H and O–H groups in total. The molecule has 4 rings (SSSR count). The number of para-hydroxylation sites is 1. The van der Waals surface area contributed by atoms with Crippen molar-refractivity contribution in [3.63, 3.8) is 0 Å². The van der Waals surface area contributed by atoms with E-state index in [9.17, 15) is 0 Å². The van der Waals surface area contributed by atoms with Gasteiger partial charge in [-0.1, -0.05) is 74.5 Å². The molecule has 4 aromatic rings. The highest BCUT2D eigenvalue weighted by Gasteiger charge is 2.12. The van der Waals surface area contributed by atoms with Crippen LogP contribution in [0.25, 0.3) is 16.9 Å². The third-order valence-electron chi connectivity index (χ3n) is 5.13. The van der Waals surface area contributed by atoms with Crippen LogP contribution in [0.2, 0.25) is 0 Å². The van der Waals surface area contributed by atoms with Gasteiger partial charge in [-0.25, -0.2) is 4.68 Å². The second-order valence-corrected chi connectivity index (χ2v) is 8.14. The summed E-state index contributed by atoms with van der Waals surface area (Å²) >= 11 is 5.53. The van der Waals surface area contributed by atoms with Gasteiger partial charge >= 0.3 is 0 Å². The lowest BCUT2D eigenvalue weighted by atomic mass is 10.0. The van der Waals surface area contributed by atoms with Crippen LogP contribution in [0.1, 0.15) is 30.9 Å². The van der Waals surface area contributed by atoms with E-state index in [0.717, 1.165) is 28.2 Å². The van der Waals surface area contributed by atoms with Gasteiger partial charge in [0.15, 0.2) is 5.11 Å². The molecule has 0 fully saturated rings. The molecule has 0 radical (unpaired) electrons. The largest absolute Gasteiger partial charge is 0.358 e. The average Bonchev–Trinajstić information content (AvgIpc) is 3.24. The van der Waals surface area contributed by atoms with E-state index in [1.54, 1.807) is 0 Å². The molecule has 0 aliphatic carbocycles. The van der Waals surface area contributed by atoms with Crippen LogP contribution in [0.3, 0.4) is 0 Å². The Balaban J connectivity index is 1.50. The minimum atomic E-state index is 0.511. The van der Waals surface area contributed by atoms with Crippen molar-refractivity contribution in [3.8, 4) is 16.9 Å². The van der Waals surface area contributed by atoms with Gasteiger partial charge in [-0.15, -0.1) is 0 Å². The molecule has 0 saturated carbocycles. The number of rotatable bonds is 6. The van der Waals surface area contributed by atoms with Gasteiger partial charge < -0.3 is 10.6 Å². The minimum Gasteiger partial charge on any atom is -0.358 e. The van der Waals surface area contributed by atoms with Gasteiger partial charge in [0, 0.05) is 29.6 Å². The molecule has 0 aliphatic rings. The Hall–Kier alpha value is -3.44. The first-order valence-corrected chi connectivity index (χ1v) is 10.8. The maximum atomic E-state index is 5.53. The smallest absolute Gasteiger partial charge is 0.171 e. The first-order chi connectivity index (χ1) is 15.1. The molecular weight excluding hydrogens is 400 g/mol. The lowest BCUT2D eigenvalue weighted by Crippen LogP contribution is -2.27. The molecule has 0 unspecified atom stereocenters. The van der Waals surface area contributed by atoms with E-state index in [-0.39, 0.29) is 0 Å². The molecule has 31 heavy (non-hydrogen) atoms. The third-order valence-corrected chi connectivity index (χ3v) is 5.38. The average molecular weight is 427 g/mol. The van der Waals surface area contributed by atoms with Crippen LogP contribution in [-0.4, -0.2) is 14.9 Å². The molecule has 3 aromatic carbocycles. The lowest BCUT2D eigenvalue weighted by molar-refractivity contribution is 0.867. The fourth-order valence-electron chi connectivity index (χ4n) is 3.39. The lowest BCUT2D eigenvalue weighted by Gasteiger charge is -2.12.